The topological polar surface area (TPSA) is 124 Å². The van der Waals surface area contributed by atoms with Crippen LogP contribution in [-0.2, 0) is 0 Å². The maximum Gasteiger partial charge on any atom is 0.363 e. The van der Waals surface area contributed by atoms with Crippen molar-refractivity contribution in [3.8, 4) is 5.69 Å². The van der Waals surface area contributed by atoms with Crippen molar-refractivity contribution < 1.29 is 14.8 Å². The Bertz CT molecular complexity index is 654. The third-order valence-electron chi connectivity index (χ3n) is 2.04. The lowest BCUT2D eigenvalue weighted by atomic mass is 10.4. The van der Waals surface area contributed by atoms with E-state index in [1.165, 1.54) is 6.07 Å². The molecule has 0 saturated carbocycles. The van der Waals surface area contributed by atoms with Crippen molar-refractivity contribution in [2.24, 2.45) is 0 Å². The SMILES string of the molecule is O=C(O)c1nn(-c2cc(Cl)nnc2Cl)cc1[N+](=O)[O-]. The first kappa shape index (κ1) is 13.2. The van der Waals surface area contributed by atoms with E-state index < -0.39 is 22.3 Å². The fourth-order valence-electron chi connectivity index (χ4n) is 1.28. The summed E-state index contributed by atoms with van der Waals surface area (Å²) in [6.07, 6.45) is 0.905. The van der Waals surface area contributed by atoms with Crippen molar-refractivity contribution in [2.75, 3.05) is 0 Å². The zero-order valence-corrected chi connectivity index (χ0v) is 10.3. The summed E-state index contributed by atoms with van der Waals surface area (Å²) in [6.45, 7) is 0. The van der Waals surface area contributed by atoms with Crippen LogP contribution in [0.4, 0.5) is 5.69 Å². The molecule has 1 N–H and O–H groups in total. The molecule has 9 nitrogen and oxygen atoms in total. The number of carboxylic acids is 1. The number of aromatic nitrogens is 4. The number of rotatable bonds is 3. The summed E-state index contributed by atoms with van der Waals surface area (Å²) in [5.41, 5.74) is -1.30. The van der Waals surface area contributed by atoms with Crippen LogP contribution in [0.25, 0.3) is 5.69 Å². The summed E-state index contributed by atoms with van der Waals surface area (Å²) < 4.78 is 0.907. The summed E-state index contributed by atoms with van der Waals surface area (Å²) in [5, 5.41) is 29.9. The third-order valence-corrected chi connectivity index (χ3v) is 2.50. The monoisotopic (exact) mass is 303 g/mol. The normalized spacial score (nSPS) is 10.4. The van der Waals surface area contributed by atoms with Gasteiger partial charge in [-0.15, -0.1) is 10.2 Å². The van der Waals surface area contributed by atoms with Gasteiger partial charge < -0.3 is 5.11 Å². The molecule has 0 aliphatic heterocycles. The predicted octanol–water partition coefficient (Wildman–Crippen LogP) is 1.58. The lowest BCUT2D eigenvalue weighted by molar-refractivity contribution is -0.385. The maximum atomic E-state index is 10.9. The third kappa shape index (κ3) is 2.46. The molecule has 0 fully saturated rings. The Labute approximate surface area is 114 Å². The van der Waals surface area contributed by atoms with E-state index >= 15 is 0 Å². The second kappa shape index (κ2) is 4.78. The number of carboxylic acid groups (broad SMARTS) is 1. The van der Waals surface area contributed by atoms with Crippen LogP contribution in [-0.4, -0.2) is 36.0 Å². The number of nitrogens with zero attached hydrogens (tertiary/aromatic N) is 5. The molecule has 2 aromatic heterocycles. The van der Waals surface area contributed by atoms with E-state index in [4.69, 9.17) is 28.3 Å². The van der Waals surface area contributed by atoms with Crippen molar-refractivity contribution in [3.05, 3.63) is 38.4 Å². The molecule has 2 heterocycles. The van der Waals surface area contributed by atoms with Gasteiger partial charge in [-0.05, 0) is 0 Å². The molecule has 0 saturated heterocycles. The van der Waals surface area contributed by atoms with E-state index in [9.17, 15) is 14.9 Å². The Hall–Kier alpha value is -2.26. The van der Waals surface area contributed by atoms with Crippen LogP contribution in [0.1, 0.15) is 10.5 Å². The molecule has 0 amide bonds. The lowest BCUT2D eigenvalue weighted by Gasteiger charge is -2.01. The van der Waals surface area contributed by atoms with E-state index in [1.807, 2.05) is 0 Å². The summed E-state index contributed by atoms with van der Waals surface area (Å²) in [5.74, 6) is -1.53. The number of carbonyl (C=O) groups is 1. The Morgan fingerprint density at radius 1 is 1.42 bits per heavy atom. The molecule has 2 aromatic rings. The lowest BCUT2D eigenvalue weighted by Crippen LogP contribution is -2.03. The van der Waals surface area contributed by atoms with E-state index in [2.05, 4.69) is 15.3 Å². The molecule has 2 rings (SSSR count). The zero-order valence-electron chi connectivity index (χ0n) is 8.82. The van der Waals surface area contributed by atoms with E-state index in [1.54, 1.807) is 0 Å². The highest BCUT2D eigenvalue weighted by Crippen LogP contribution is 2.24. The van der Waals surface area contributed by atoms with Gasteiger partial charge in [0.2, 0.25) is 5.69 Å². The van der Waals surface area contributed by atoms with Gasteiger partial charge in [-0.2, -0.15) is 5.10 Å². The molecule has 0 aliphatic carbocycles. The molecular weight excluding hydrogens is 301 g/mol. The first-order chi connectivity index (χ1) is 8.90. The number of nitro groups is 1. The Balaban J connectivity index is 2.64. The highest BCUT2D eigenvalue weighted by molar-refractivity contribution is 6.32. The standard InChI is InChI=1S/C8H3Cl2N5O4/c9-5-1-3(7(10)12-11-5)14-2-4(15(18)19)6(13-14)8(16)17/h1-2H,(H,16,17). The van der Waals surface area contributed by atoms with Crippen molar-refractivity contribution in [2.45, 2.75) is 0 Å². The van der Waals surface area contributed by atoms with Crippen LogP contribution in [0.15, 0.2) is 12.3 Å². The largest absolute Gasteiger partial charge is 0.476 e. The van der Waals surface area contributed by atoms with Crippen LogP contribution in [0, 0.1) is 10.1 Å². The van der Waals surface area contributed by atoms with Crippen LogP contribution >= 0.6 is 23.2 Å². The summed E-state index contributed by atoms with van der Waals surface area (Å²) >= 11 is 11.4. The Kier molecular flexibility index (Phi) is 3.32. The van der Waals surface area contributed by atoms with Gasteiger partial charge in [0.1, 0.15) is 11.9 Å². The Morgan fingerprint density at radius 3 is 2.63 bits per heavy atom. The molecular formula is C8H3Cl2N5O4. The average Bonchev–Trinajstić information content (AvgIpc) is 2.77. The number of aromatic carboxylic acids is 1. The van der Waals surface area contributed by atoms with Gasteiger partial charge in [0, 0.05) is 6.07 Å². The first-order valence-electron chi connectivity index (χ1n) is 4.56. The second-order valence-corrected chi connectivity index (χ2v) is 3.96. The molecule has 0 aromatic carbocycles. The number of hydrogen-bond acceptors (Lipinski definition) is 6. The van der Waals surface area contributed by atoms with Gasteiger partial charge >= 0.3 is 11.7 Å². The highest BCUT2D eigenvalue weighted by Gasteiger charge is 2.26. The highest BCUT2D eigenvalue weighted by atomic mass is 35.5. The van der Waals surface area contributed by atoms with Gasteiger partial charge in [-0.1, -0.05) is 23.2 Å². The van der Waals surface area contributed by atoms with Crippen LogP contribution in [0.2, 0.25) is 10.3 Å². The number of halogens is 2. The minimum atomic E-state index is -1.53. The van der Waals surface area contributed by atoms with Crippen molar-refractivity contribution >= 4 is 34.9 Å². The van der Waals surface area contributed by atoms with Gasteiger partial charge in [-0.25, -0.2) is 9.48 Å². The van der Waals surface area contributed by atoms with E-state index in [0.29, 0.717) is 0 Å². The van der Waals surface area contributed by atoms with Gasteiger partial charge in [-0.3, -0.25) is 10.1 Å². The summed E-state index contributed by atoms with van der Waals surface area (Å²) in [6, 6.07) is 1.25. The van der Waals surface area contributed by atoms with Crippen LogP contribution < -0.4 is 0 Å². The second-order valence-electron chi connectivity index (χ2n) is 3.21. The van der Waals surface area contributed by atoms with Crippen molar-refractivity contribution in [1.82, 2.24) is 20.0 Å². The summed E-state index contributed by atoms with van der Waals surface area (Å²) in [7, 11) is 0. The predicted molar refractivity (Wildman–Crippen MR) is 62.8 cm³/mol. The molecule has 19 heavy (non-hydrogen) atoms. The minimum absolute atomic E-state index is 0.0190. The van der Waals surface area contributed by atoms with Gasteiger partial charge in [0.25, 0.3) is 0 Å². The van der Waals surface area contributed by atoms with Crippen LogP contribution in [0.3, 0.4) is 0 Å². The molecule has 0 unspecified atom stereocenters. The molecule has 0 atom stereocenters. The van der Waals surface area contributed by atoms with Crippen LogP contribution in [0.5, 0.6) is 0 Å². The summed E-state index contributed by atoms with van der Waals surface area (Å²) in [4.78, 5) is 20.7. The Morgan fingerprint density at radius 2 is 2.11 bits per heavy atom. The molecule has 0 aliphatic rings. The first-order valence-corrected chi connectivity index (χ1v) is 5.32. The maximum absolute atomic E-state index is 10.9. The molecule has 11 heteroatoms. The molecule has 0 radical (unpaired) electrons. The smallest absolute Gasteiger partial charge is 0.363 e. The van der Waals surface area contributed by atoms with Crippen molar-refractivity contribution in [3.63, 3.8) is 0 Å². The van der Waals surface area contributed by atoms with Gasteiger partial charge in [0.15, 0.2) is 10.3 Å². The molecule has 0 spiro atoms. The minimum Gasteiger partial charge on any atom is -0.476 e. The van der Waals surface area contributed by atoms with E-state index in [-0.39, 0.29) is 16.0 Å². The fraction of sp³-hybridized carbons (Fsp3) is 0. The van der Waals surface area contributed by atoms with Crippen molar-refractivity contribution in [1.29, 1.82) is 0 Å². The zero-order chi connectivity index (χ0) is 14.2. The molecule has 98 valence electrons. The van der Waals surface area contributed by atoms with Gasteiger partial charge in [0.05, 0.1) is 4.92 Å². The number of hydrogen-bond donors (Lipinski definition) is 1. The quantitative estimate of drug-likeness (QED) is 0.674. The fourth-order valence-corrected chi connectivity index (χ4v) is 1.60. The molecule has 0 bridgehead atoms. The van der Waals surface area contributed by atoms with E-state index in [0.717, 1.165) is 10.9 Å². The average molecular weight is 304 g/mol.